The molecule has 2 aromatic heterocycles. The number of benzene rings is 1. The van der Waals surface area contributed by atoms with Gasteiger partial charge in [0, 0.05) is 30.1 Å². The van der Waals surface area contributed by atoms with Crippen LogP contribution in [0.15, 0.2) is 36.5 Å². The topological polar surface area (TPSA) is 101 Å². The number of rotatable bonds is 6. The van der Waals surface area contributed by atoms with Crippen LogP contribution in [0, 0.1) is 13.8 Å². The summed E-state index contributed by atoms with van der Waals surface area (Å²) < 4.78 is 23.0. The molecule has 0 aliphatic carbocycles. The molecule has 0 unspecified atom stereocenters. The first-order valence-electron chi connectivity index (χ1n) is 8.16. The first-order chi connectivity index (χ1) is 12.3. The van der Waals surface area contributed by atoms with Crippen molar-refractivity contribution in [1.82, 2.24) is 20.2 Å². The molecule has 0 bridgehead atoms. The summed E-state index contributed by atoms with van der Waals surface area (Å²) in [5, 5.41) is 10.3. The first kappa shape index (κ1) is 18.1. The third kappa shape index (κ3) is 4.66. The van der Waals surface area contributed by atoms with Gasteiger partial charge in [-0.3, -0.25) is 5.10 Å². The number of aryl methyl sites for hydroxylation is 1. The van der Waals surface area contributed by atoms with Crippen molar-refractivity contribution >= 4 is 21.5 Å². The fourth-order valence-electron chi connectivity index (χ4n) is 2.60. The Balaban J connectivity index is 1.77. The smallest absolute Gasteiger partial charge is 0.156 e. The van der Waals surface area contributed by atoms with Crippen molar-refractivity contribution in [3.8, 4) is 0 Å². The number of sulfone groups is 1. The minimum Gasteiger partial charge on any atom is -0.323 e. The summed E-state index contributed by atoms with van der Waals surface area (Å²) in [5.74, 6) is 2.08. The van der Waals surface area contributed by atoms with Gasteiger partial charge < -0.3 is 5.32 Å². The van der Waals surface area contributed by atoms with Crippen molar-refractivity contribution in [3.63, 3.8) is 0 Å². The number of aromatic amines is 1. The predicted molar refractivity (Wildman–Crippen MR) is 101 cm³/mol. The number of nitrogens with zero attached hydrogens (tertiary/aromatic N) is 3. The Hall–Kier alpha value is -2.74. The minimum atomic E-state index is -3.06. The van der Waals surface area contributed by atoms with Gasteiger partial charge in [0.2, 0.25) is 0 Å². The second-order valence-corrected chi connectivity index (χ2v) is 8.51. The second-order valence-electron chi connectivity index (χ2n) is 6.37. The van der Waals surface area contributed by atoms with Crippen molar-refractivity contribution in [2.75, 3.05) is 11.6 Å². The monoisotopic (exact) mass is 371 g/mol. The number of anilines is 2. The quantitative estimate of drug-likeness (QED) is 0.691. The van der Waals surface area contributed by atoms with E-state index in [2.05, 4.69) is 25.5 Å². The Morgan fingerprint density at radius 3 is 2.62 bits per heavy atom. The zero-order valence-electron chi connectivity index (χ0n) is 14.9. The summed E-state index contributed by atoms with van der Waals surface area (Å²) in [7, 11) is -3.06. The van der Waals surface area contributed by atoms with Crippen LogP contribution in [0.2, 0.25) is 0 Å². The van der Waals surface area contributed by atoms with Crippen LogP contribution >= 0.6 is 0 Å². The lowest BCUT2D eigenvalue weighted by molar-refractivity contribution is 0.601. The van der Waals surface area contributed by atoms with E-state index in [1.54, 1.807) is 12.3 Å². The fourth-order valence-corrected chi connectivity index (χ4v) is 3.38. The van der Waals surface area contributed by atoms with Crippen molar-refractivity contribution in [3.05, 3.63) is 64.7 Å². The van der Waals surface area contributed by atoms with Crippen LogP contribution in [-0.4, -0.2) is 34.8 Å². The molecule has 7 nitrogen and oxygen atoms in total. The predicted octanol–water partition coefficient (Wildman–Crippen LogP) is 2.70. The highest BCUT2D eigenvalue weighted by molar-refractivity contribution is 7.89. The van der Waals surface area contributed by atoms with E-state index >= 15 is 0 Å². The van der Waals surface area contributed by atoms with Crippen LogP contribution in [-0.2, 0) is 22.0 Å². The lowest BCUT2D eigenvalue weighted by Gasteiger charge is -2.07. The largest absolute Gasteiger partial charge is 0.323 e. The van der Waals surface area contributed by atoms with E-state index in [-0.39, 0.29) is 5.75 Å². The molecule has 0 saturated carbocycles. The van der Waals surface area contributed by atoms with Gasteiger partial charge in [-0.2, -0.15) is 5.10 Å². The van der Waals surface area contributed by atoms with Crippen LogP contribution in [0.3, 0.4) is 0 Å². The SMILES string of the molecule is Cc1[nH]nc(Nc2ccnc(Cc3cccc(CS(C)(=O)=O)c3)n2)c1C. The lowest BCUT2D eigenvalue weighted by atomic mass is 10.1. The Morgan fingerprint density at radius 1 is 1.15 bits per heavy atom. The average Bonchev–Trinajstić information content (AvgIpc) is 2.86. The molecule has 26 heavy (non-hydrogen) atoms. The summed E-state index contributed by atoms with van der Waals surface area (Å²) in [6.45, 7) is 3.94. The van der Waals surface area contributed by atoms with Crippen LogP contribution < -0.4 is 5.32 Å². The summed E-state index contributed by atoms with van der Waals surface area (Å²) >= 11 is 0. The van der Waals surface area contributed by atoms with Crippen LogP contribution in [0.5, 0.6) is 0 Å². The van der Waals surface area contributed by atoms with Crippen LogP contribution in [0.1, 0.15) is 28.2 Å². The molecule has 2 N–H and O–H groups in total. The van der Waals surface area contributed by atoms with Gasteiger partial charge in [0.1, 0.15) is 11.6 Å². The number of hydrogen-bond acceptors (Lipinski definition) is 6. The highest BCUT2D eigenvalue weighted by Crippen LogP contribution is 2.19. The van der Waals surface area contributed by atoms with E-state index in [1.807, 2.05) is 38.1 Å². The van der Waals surface area contributed by atoms with E-state index in [1.165, 1.54) is 6.26 Å². The Labute approximate surface area is 152 Å². The number of H-pyrrole nitrogens is 1. The molecule has 0 fully saturated rings. The Morgan fingerprint density at radius 2 is 1.92 bits per heavy atom. The van der Waals surface area contributed by atoms with E-state index in [0.29, 0.717) is 18.1 Å². The molecule has 0 amide bonds. The molecule has 0 radical (unpaired) electrons. The molecule has 0 aliphatic heterocycles. The van der Waals surface area contributed by atoms with Gasteiger partial charge in [-0.05, 0) is 31.0 Å². The minimum absolute atomic E-state index is 0.0288. The number of hydrogen-bond donors (Lipinski definition) is 2. The third-order valence-electron chi connectivity index (χ3n) is 3.99. The normalized spacial score (nSPS) is 11.5. The van der Waals surface area contributed by atoms with Crippen molar-refractivity contribution in [1.29, 1.82) is 0 Å². The van der Waals surface area contributed by atoms with E-state index < -0.39 is 9.84 Å². The second kappa shape index (κ2) is 7.25. The molecular formula is C18H21N5O2S. The maximum atomic E-state index is 11.5. The fraction of sp³-hybridized carbons (Fsp3) is 0.278. The first-order valence-corrected chi connectivity index (χ1v) is 10.2. The van der Waals surface area contributed by atoms with Gasteiger partial charge in [0.15, 0.2) is 15.7 Å². The summed E-state index contributed by atoms with van der Waals surface area (Å²) in [5.41, 5.74) is 3.78. The molecule has 1 aromatic carbocycles. The molecule has 0 saturated heterocycles. The van der Waals surface area contributed by atoms with Gasteiger partial charge in [-0.15, -0.1) is 0 Å². The van der Waals surface area contributed by atoms with Gasteiger partial charge >= 0.3 is 0 Å². The Bertz CT molecular complexity index is 1030. The van der Waals surface area contributed by atoms with Crippen LogP contribution in [0.4, 0.5) is 11.6 Å². The molecule has 136 valence electrons. The molecule has 3 rings (SSSR count). The van der Waals surface area contributed by atoms with Crippen molar-refractivity contribution in [2.24, 2.45) is 0 Å². The van der Waals surface area contributed by atoms with E-state index in [9.17, 15) is 8.42 Å². The molecule has 3 aromatic rings. The zero-order valence-corrected chi connectivity index (χ0v) is 15.8. The van der Waals surface area contributed by atoms with Crippen molar-refractivity contribution in [2.45, 2.75) is 26.0 Å². The zero-order chi connectivity index (χ0) is 18.7. The third-order valence-corrected chi connectivity index (χ3v) is 4.85. The molecular weight excluding hydrogens is 350 g/mol. The molecule has 2 heterocycles. The number of aromatic nitrogens is 4. The summed E-state index contributed by atoms with van der Waals surface area (Å²) in [6, 6.07) is 9.27. The summed E-state index contributed by atoms with van der Waals surface area (Å²) in [6.07, 6.45) is 3.45. The van der Waals surface area contributed by atoms with E-state index in [0.717, 1.165) is 28.2 Å². The molecule has 0 aliphatic rings. The van der Waals surface area contributed by atoms with Crippen molar-refractivity contribution < 1.29 is 8.42 Å². The lowest BCUT2D eigenvalue weighted by Crippen LogP contribution is -2.03. The van der Waals surface area contributed by atoms with Gasteiger partial charge in [-0.1, -0.05) is 24.3 Å². The standard InChI is InChI=1S/C18H21N5O2S/c1-12-13(2)22-23-18(12)21-16-7-8-19-17(20-16)10-14-5-4-6-15(9-14)11-26(3,24)25/h4-9H,10-11H2,1-3H3,(H2,19,20,21,22,23). The maximum Gasteiger partial charge on any atom is 0.156 e. The molecule has 8 heteroatoms. The van der Waals surface area contributed by atoms with E-state index in [4.69, 9.17) is 0 Å². The highest BCUT2D eigenvalue weighted by atomic mass is 32.2. The Kier molecular flexibility index (Phi) is 5.03. The van der Waals surface area contributed by atoms with Crippen LogP contribution in [0.25, 0.3) is 0 Å². The average molecular weight is 371 g/mol. The number of nitrogens with one attached hydrogen (secondary N) is 2. The van der Waals surface area contributed by atoms with Gasteiger partial charge in [-0.25, -0.2) is 18.4 Å². The molecule has 0 spiro atoms. The van der Waals surface area contributed by atoms with Gasteiger partial charge in [0.05, 0.1) is 5.75 Å². The highest BCUT2D eigenvalue weighted by Gasteiger charge is 2.09. The maximum absolute atomic E-state index is 11.5. The summed E-state index contributed by atoms with van der Waals surface area (Å²) in [4.78, 5) is 8.83. The van der Waals surface area contributed by atoms with Gasteiger partial charge in [0.25, 0.3) is 0 Å². The molecule has 0 atom stereocenters.